The van der Waals surface area contributed by atoms with Gasteiger partial charge in [0.05, 0.1) is 7.11 Å². The average molecular weight is 332 g/mol. The average Bonchev–Trinajstić information content (AvgIpc) is 2.95. The number of ether oxygens (including phenoxy) is 1. The number of methoxy groups -OCH3 is 1. The molecule has 0 bridgehead atoms. The highest BCUT2D eigenvalue weighted by Crippen LogP contribution is 2.33. The third-order valence-corrected chi connectivity index (χ3v) is 3.19. The number of hydrogen-bond donors (Lipinski definition) is 1. The predicted molar refractivity (Wildman–Crippen MR) is 68.4 cm³/mol. The van der Waals surface area contributed by atoms with Crippen molar-refractivity contribution in [2.45, 2.75) is 6.18 Å². The van der Waals surface area contributed by atoms with E-state index in [-0.39, 0.29) is 27.7 Å². The summed E-state index contributed by atoms with van der Waals surface area (Å²) in [6.45, 7) is 0. The first-order valence-corrected chi connectivity index (χ1v) is 6.39. The lowest BCUT2D eigenvalue weighted by Crippen LogP contribution is -2.13. The monoisotopic (exact) mass is 332 g/mol. The van der Waals surface area contributed by atoms with E-state index in [1.165, 1.54) is 12.3 Å². The standard InChI is InChI=1S/C11H7F3N4O3S/c1-21-8(20)6-4-5(2-3-15-6)7(19)16-10-18-17-9(22-10)11(12,13)14/h2-4H,1H3,(H,16,18,19). The van der Waals surface area contributed by atoms with Crippen LogP contribution in [0.1, 0.15) is 25.9 Å². The van der Waals surface area contributed by atoms with Crippen molar-refractivity contribution in [2.75, 3.05) is 12.4 Å². The van der Waals surface area contributed by atoms with Crippen molar-refractivity contribution in [3.8, 4) is 0 Å². The molecule has 0 saturated carbocycles. The van der Waals surface area contributed by atoms with Crippen molar-refractivity contribution in [3.63, 3.8) is 0 Å². The second-order valence-electron chi connectivity index (χ2n) is 3.79. The third-order valence-electron chi connectivity index (χ3n) is 2.30. The lowest BCUT2D eigenvalue weighted by atomic mass is 10.2. The van der Waals surface area contributed by atoms with Gasteiger partial charge >= 0.3 is 12.1 Å². The Balaban J connectivity index is 2.16. The minimum Gasteiger partial charge on any atom is -0.464 e. The largest absolute Gasteiger partial charge is 0.464 e. The van der Waals surface area contributed by atoms with E-state index < -0.39 is 23.1 Å². The molecule has 7 nitrogen and oxygen atoms in total. The first-order chi connectivity index (χ1) is 10.3. The van der Waals surface area contributed by atoms with E-state index in [4.69, 9.17) is 0 Å². The molecule has 1 N–H and O–H groups in total. The van der Waals surface area contributed by atoms with Crippen molar-refractivity contribution in [2.24, 2.45) is 0 Å². The fraction of sp³-hybridized carbons (Fsp3) is 0.182. The molecule has 2 aromatic heterocycles. The summed E-state index contributed by atoms with van der Waals surface area (Å²) in [5.41, 5.74) is -0.0949. The summed E-state index contributed by atoms with van der Waals surface area (Å²) in [5, 5.41) is 6.84. The number of aromatic nitrogens is 3. The van der Waals surface area contributed by atoms with Gasteiger partial charge in [0.1, 0.15) is 5.69 Å². The molecular weight excluding hydrogens is 325 g/mol. The molecule has 0 unspecified atom stereocenters. The van der Waals surface area contributed by atoms with E-state index in [0.717, 1.165) is 13.2 Å². The number of pyridine rings is 1. The molecule has 0 aliphatic heterocycles. The molecule has 0 aliphatic rings. The summed E-state index contributed by atoms with van der Waals surface area (Å²) in [5.74, 6) is -1.50. The molecule has 2 heterocycles. The molecule has 0 fully saturated rings. The number of alkyl halides is 3. The lowest BCUT2D eigenvalue weighted by Gasteiger charge is -2.03. The number of rotatable bonds is 3. The minimum absolute atomic E-state index is 0.0131. The molecule has 116 valence electrons. The van der Waals surface area contributed by atoms with Gasteiger partial charge in [-0.05, 0) is 12.1 Å². The van der Waals surface area contributed by atoms with Crippen molar-refractivity contribution < 1.29 is 27.5 Å². The normalized spacial score (nSPS) is 11.1. The Bertz CT molecular complexity index is 717. The molecule has 0 spiro atoms. The van der Waals surface area contributed by atoms with E-state index in [1.807, 2.05) is 0 Å². The van der Waals surface area contributed by atoms with E-state index in [1.54, 1.807) is 0 Å². The zero-order valence-electron chi connectivity index (χ0n) is 10.8. The van der Waals surface area contributed by atoms with E-state index in [9.17, 15) is 22.8 Å². The van der Waals surface area contributed by atoms with Crippen LogP contribution in [0.15, 0.2) is 18.3 Å². The zero-order chi connectivity index (χ0) is 16.3. The second-order valence-corrected chi connectivity index (χ2v) is 4.76. The van der Waals surface area contributed by atoms with Crippen LogP contribution in [0.2, 0.25) is 0 Å². The van der Waals surface area contributed by atoms with Crippen LogP contribution in [0.3, 0.4) is 0 Å². The maximum Gasteiger partial charge on any atom is 0.445 e. The Hall–Kier alpha value is -2.56. The Labute approximate surface area is 125 Å². The Morgan fingerprint density at radius 3 is 2.64 bits per heavy atom. The number of amides is 1. The van der Waals surface area contributed by atoms with Crippen molar-refractivity contribution in [1.29, 1.82) is 0 Å². The molecule has 0 saturated heterocycles. The highest BCUT2D eigenvalue weighted by molar-refractivity contribution is 7.15. The molecule has 0 atom stereocenters. The zero-order valence-corrected chi connectivity index (χ0v) is 11.7. The molecular formula is C11H7F3N4O3S. The van der Waals surface area contributed by atoms with Gasteiger partial charge in [0.25, 0.3) is 5.91 Å². The van der Waals surface area contributed by atoms with Gasteiger partial charge in [-0.3, -0.25) is 10.1 Å². The molecule has 2 rings (SSSR count). The topological polar surface area (TPSA) is 94.1 Å². The number of anilines is 1. The van der Waals surface area contributed by atoms with Gasteiger partial charge < -0.3 is 4.74 Å². The summed E-state index contributed by atoms with van der Waals surface area (Å²) in [6.07, 6.45) is -3.43. The van der Waals surface area contributed by atoms with Crippen LogP contribution >= 0.6 is 11.3 Å². The highest BCUT2D eigenvalue weighted by Gasteiger charge is 2.35. The first-order valence-electron chi connectivity index (χ1n) is 5.57. The van der Waals surface area contributed by atoms with Crippen molar-refractivity contribution >= 4 is 28.3 Å². The Morgan fingerprint density at radius 1 is 1.32 bits per heavy atom. The van der Waals surface area contributed by atoms with E-state index in [0.29, 0.717) is 0 Å². The molecule has 0 aromatic carbocycles. The van der Waals surface area contributed by atoms with Crippen LogP contribution in [-0.2, 0) is 10.9 Å². The number of carbonyl (C=O) groups excluding carboxylic acids is 2. The third kappa shape index (κ3) is 3.55. The van der Waals surface area contributed by atoms with Crippen LogP contribution < -0.4 is 5.32 Å². The van der Waals surface area contributed by atoms with Gasteiger partial charge in [0.2, 0.25) is 10.1 Å². The smallest absolute Gasteiger partial charge is 0.445 e. The number of hydrogen-bond acceptors (Lipinski definition) is 7. The van der Waals surface area contributed by atoms with Crippen LogP contribution in [0.4, 0.5) is 18.3 Å². The SMILES string of the molecule is COC(=O)c1cc(C(=O)Nc2nnc(C(F)(F)F)s2)ccn1. The van der Waals surface area contributed by atoms with Crippen LogP contribution in [0.5, 0.6) is 0 Å². The summed E-state index contributed by atoms with van der Waals surface area (Å²) in [4.78, 5) is 26.9. The van der Waals surface area contributed by atoms with Gasteiger partial charge in [-0.2, -0.15) is 13.2 Å². The fourth-order valence-electron chi connectivity index (χ4n) is 1.35. The first kappa shape index (κ1) is 15.8. The maximum absolute atomic E-state index is 12.4. The molecule has 1 amide bonds. The number of halogens is 3. The fourth-order valence-corrected chi connectivity index (χ4v) is 1.95. The molecule has 11 heteroatoms. The Morgan fingerprint density at radius 2 is 2.05 bits per heavy atom. The van der Waals surface area contributed by atoms with Crippen molar-refractivity contribution in [3.05, 3.63) is 34.6 Å². The Kier molecular flexibility index (Phi) is 4.35. The minimum atomic E-state index is -4.63. The number of nitrogens with one attached hydrogen (secondary N) is 1. The summed E-state index contributed by atoms with van der Waals surface area (Å²) in [7, 11) is 1.15. The summed E-state index contributed by atoms with van der Waals surface area (Å²) in [6, 6.07) is 2.43. The quantitative estimate of drug-likeness (QED) is 0.864. The van der Waals surface area contributed by atoms with Crippen molar-refractivity contribution in [1.82, 2.24) is 15.2 Å². The molecule has 22 heavy (non-hydrogen) atoms. The van der Waals surface area contributed by atoms with Crippen LogP contribution in [0.25, 0.3) is 0 Å². The van der Waals surface area contributed by atoms with Gasteiger partial charge in [-0.25, -0.2) is 9.78 Å². The highest BCUT2D eigenvalue weighted by atomic mass is 32.1. The van der Waals surface area contributed by atoms with Gasteiger partial charge in [-0.15, -0.1) is 10.2 Å². The van der Waals surface area contributed by atoms with Gasteiger partial charge in [0.15, 0.2) is 0 Å². The molecule has 0 radical (unpaired) electrons. The molecule has 2 aromatic rings. The summed E-state index contributed by atoms with van der Waals surface area (Å²) >= 11 is 0.191. The molecule has 0 aliphatic carbocycles. The van der Waals surface area contributed by atoms with Crippen LogP contribution in [0, 0.1) is 0 Å². The maximum atomic E-state index is 12.4. The van der Waals surface area contributed by atoms with Crippen LogP contribution in [-0.4, -0.2) is 34.2 Å². The lowest BCUT2D eigenvalue weighted by molar-refractivity contribution is -0.138. The second kappa shape index (κ2) is 6.05. The number of esters is 1. The summed E-state index contributed by atoms with van der Waals surface area (Å²) < 4.78 is 41.6. The van der Waals surface area contributed by atoms with Gasteiger partial charge in [-0.1, -0.05) is 11.3 Å². The predicted octanol–water partition coefficient (Wildman–Crippen LogP) is 1.99. The number of carbonyl (C=O) groups is 2. The van der Waals surface area contributed by atoms with E-state index >= 15 is 0 Å². The number of nitrogens with zero attached hydrogens (tertiary/aromatic N) is 3. The van der Waals surface area contributed by atoms with E-state index in [2.05, 4.69) is 25.2 Å². The van der Waals surface area contributed by atoms with Gasteiger partial charge in [0, 0.05) is 11.8 Å².